The maximum absolute atomic E-state index is 15.3. The van der Waals surface area contributed by atoms with Crippen molar-refractivity contribution in [2.75, 3.05) is 36.9 Å². The van der Waals surface area contributed by atoms with Crippen molar-refractivity contribution >= 4 is 23.3 Å². The van der Waals surface area contributed by atoms with Gasteiger partial charge in [-0.05, 0) is 80.7 Å². The number of halogens is 1. The molecule has 2 amide bonds. The monoisotopic (exact) mass is 680 g/mol. The summed E-state index contributed by atoms with van der Waals surface area (Å²) in [5.74, 6) is 0.384. The number of rotatable bonds is 6. The Labute approximate surface area is 289 Å². The van der Waals surface area contributed by atoms with Crippen molar-refractivity contribution in [3.63, 3.8) is 0 Å². The number of benzene rings is 2. The Morgan fingerprint density at radius 1 is 0.880 bits per heavy atom. The average molecular weight is 681 g/mol. The molecule has 0 unspecified atom stereocenters. The minimum Gasteiger partial charge on any atom is -0.507 e. The first-order valence-corrected chi connectivity index (χ1v) is 17.6. The van der Waals surface area contributed by atoms with Crippen LogP contribution in [0.25, 0.3) is 22.4 Å². The van der Waals surface area contributed by atoms with E-state index in [1.807, 2.05) is 6.07 Å². The second-order valence-corrected chi connectivity index (χ2v) is 13.8. The predicted octanol–water partition coefficient (Wildman–Crippen LogP) is 4.80. The number of amides is 2. The van der Waals surface area contributed by atoms with Gasteiger partial charge in [0.1, 0.15) is 24.1 Å². The van der Waals surface area contributed by atoms with Gasteiger partial charge in [0.15, 0.2) is 5.82 Å². The molecule has 2 aromatic heterocycles. The first-order chi connectivity index (χ1) is 24.3. The zero-order chi connectivity index (χ0) is 34.4. The second-order valence-electron chi connectivity index (χ2n) is 13.8. The van der Waals surface area contributed by atoms with Gasteiger partial charge < -0.3 is 25.4 Å². The van der Waals surface area contributed by atoms with Crippen molar-refractivity contribution in [3.8, 4) is 33.9 Å². The molecule has 2 aromatic carbocycles. The highest BCUT2D eigenvalue weighted by Gasteiger charge is 2.37. The SMILES string of the molecule is Nc1nnc(-c2ccccc2O)cc1-c1cn(C2CCN(C3CCC(c4cccc5c4OCCN5[C@H]4CCC(=O)NC4=O)CC3)CC2)nc1F. The number of nitrogens with two attached hydrogens (primary N) is 1. The number of nitrogens with zero attached hydrogens (tertiary/aromatic N) is 6. The summed E-state index contributed by atoms with van der Waals surface area (Å²) in [6, 6.07) is 14.9. The Morgan fingerprint density at radius 2 is 1.68 bits per heavy atom. The van der Waals surface area contributed by atoms with Gasteiger partial charge in [0.25, 0.3) is 0 Å². The molecular weight excluding hydrogens is 639 g/mol. The van der Waals surface area contributed by atoms with Crippen molar-refractivity contribution in [1.29, 1.82) is 0 Å². The number of aromatic hydroxyl groups is 1. The van der Waals surface area contributed by atoms with Crippen molar-refractivity contribution in [1.82, 2.24) is 30.2 Å². The van der Waals surface area contributed by atoms with E-state index < -0.39 is 5.95 Å². The molecule has 12 nitrogen and oxygen atoms in total. The van der Waals surface area contributed by atoms with Crippen LogP contribution in [-0.4, -0.2) is 80.1 Å². The van der Waals surface area contributed by atoms with Crippen LogP contribution >= 0.6 is 0 Å². The van der Waals surface area contributed by atoms with Crippen LogP contribution in [0.4, 0.5) is 15.9 Å². The van der Waals surface area contributed by atoms with E-state index in [2.05, 4.69) is 42.5 Å². The van der Waals surface area contributed by atoms with Crippen molar-refractivity contribution in [3.05, 3.63) is 66.2 Å². The van der Waals surface area contributed by atoms with Crippen LogP contribution in [0.3, 0.4) is 0 Å². The summed E-state index contributed by atoms with van der Waals surface area (Å²) < 4.78 is 23.3. The molecule has 1 aliphatic carbocycles. The van der Waals surface area contributed by atoms with E-state index in [0.717, 1.165) is 63.1 Å². The van der Waals surface area contributed by atoms with Crippen LogP contribution in [0.2, 0.25) is 0 Å². The Bertz CT molecular complexity index is 1920. The molecule has 4 aliphatic rings. The van der Waals surface area contributed by atoms with Crippen LogP contribution in [0.1, 0.15) is 68.9 Å². The van der Waals surface area contributed by atoms with Crippen LogP contribution < -0.4 is 20.7 Å². The van der Waals surface area contributed by atoms with Gasteiger partial charge in [-0.2, -0.15) is 4.39 Å². The van der Waals surface area contributed by atoms with Gasteiger partial charge in [-0.1, -0.05) is 24.3 Å². The third-order valence-corrected chi connectivity index (χ3v) is 11.0. The van der Waals surface area contributed by atoms with E-state index in [1.54, 1.807) is 41.2 Å². The molecule has 5 heterocycles. The lowest BCUT2D eigenvalue weighted by molar-refractivity contribution is -0.134. The third kappa shape index (κ3) is 6.03. The number of para-hydroxylation sites is 2. The van der Waals surface area contributed by atoms with Gasteiger partial charge in [0.05, 0.1) is 29.5 Å². The molecule has 13 heteroatoms. The van der Waals surface area contributed by atoms with E-state index in [4.69, 9.17) is 10.5 Å². The molecule has 0 spiro atoms. The first kappa shape index (κ1) is 32.2. The highest BCUT2D eigenvalue weighted by atomic mass is 19.1. The van der Waals surface area contributed by atoms with Gasteiger partial charge in [-0.15, -0.1) is 15.3 Å². The number of anilines is 2. The number of ether oxygens (including phenoxy) is 1. The molecule has 1 saturated carbocycles. The molecule has 4 N–H and O–H groups in total. The quantitative estimate of drug-likeness (QED) is 0.242. The number of likely N-dealkylation sites (tertiary alicyclic amines) is 1. The van der Waals surface area contributed by atoms with E-state index in [-0.39, 0.29) is 41.0 Å². The van der Waals surface area contributed by atoms with Gasteiger partial charge in [0.2, 0.25) is 17.8 Å². The van der Waals surface area contributed by atoms with Gasteiger partial charge >= 0.3 is 0 Å². The normalized spacial score (nSPS) is 23.3. The summed E-state index contributed by atoms with van der Waals surface area (Å²) in [7, 11) is 0. The standard InChI is InChI=1S/C37H41FN8O4/c38-35-28(27-20-29(41-42-36(27)39)26-4-1-2-7-32(26)47)21-46(43-35)24-14-16-44(17-15-24)23-10-8-22(9-11-23)25-5-3-6-30-34(25)50-19-18-45(30)31-12-13-33(48)40-37(31)49/h1-7,20-24,31,47H,8-19H2,(H2,39,42)(H,40,48,49)/t22?,23?,31-/m0/s1. The van der Waals surface area contributed by atoms with E-state index >= 15 is 4.39 Å². The fraction of sp³-hybridized carbons (Fsp3) is 0.432. The Kier molecular flexibility index (Phi) is 8.59. The summed E-state index contributed by atoms with van der Waals surface area (Å²) in [4.78, 5) is 29.1. The molecule has 4 aromatic rings. The molecule has 3 aliphatic heterocycles. The number of phenolic OH excluding ortho intramolecular Hbond substituents is 1. The maximum Gasteiger partial charge on any atom is 0.249 e. The number of carbonyl (C=O) groups excluding carboxylic acids is 2. The fourth-order valence-electron chi connectivity index (χ4n) is 8.36. The number of fused-ring (bicyclic) bond motifs is 1. The Hall–Kier alpha value is -5.04. The van der Waals surface area contributed by atoms with Crippen molar-refractivity contribution in [2.24, 2.45) is 0 Å². The fourth-order valence-corrected chi connectivity index (χ4v) is 8.36. The summed E-state index contributed by atoms with van der Waals surface area (Å²) in [6.07, 6.45) is 8.60. The molecule has 1 atom stereocenters. The smallest absolute Gasteiger partial charge is 0.249 e. The zero-order valence-electron chi connectivity index (χ0n) is 27.8. The molecule has 50 heavy (non-hydrogen) atoms. The highest BCUT2D eigenvalue weighted by molar-refractivity contribution is 6.02. The van der Waals surface area contributed by atoms with E-state index in [1.165, 1.54) is 5.56 Å². The molecule has 8 rings (SSSR count). The third-order valence-electron chi connectivity index (χ3n) is 11.0. The molecule has 0 radical (unpaired) electrons. The minimum absolute atomic E-state index is 0.0558. The Balaban J connectivity index is 0.898. The largest absolute Gasteiger partial charge is 0.507 e. The van der Waals surface area contributed by atoms with Crippen LogP contribution in [0.5, 0.6) is 11.5 Å². The van der Waals surface area contributed by atoms with Crippen molar-refractivity contribution < 1.29 is 23.8 Å². The highest BCUT2D eigenvalue weighted by Crippen LogP contribution is 2.45. The van der Waals surface area contributed by atoms with Crippen LogP contribution in [0.15, 0.2) is 54.7 Å². The van der Waals surface area contributed by atoms with Crippen LogP contribution in [0, 0.1) is 5.95 Å². The molecule has 260 valence electrons. The van der Waals surface area contributed by atoms with Gasteiger partial charge in [-0.25, -0.2) is 0 Å². The predicted molar refractivity (Wildman–Crippen MR) is 185 cm³/mol. The molecule has 2 saturated heterocycles. The number of nitrogen functional groups attached to an aromatic ring is 1. The molecule has 3 fully saturated rings. The number of imide groups is 1. The zero-order valence-corrected chi connectivity index (χ0v) is 27.8. The first-order valence-electron chi connectivity index (χ1n) is 17.6. The number of aromatic nitrogens is 4. The minimum atomic E-state index is -0.610. The number of phenols is 1. The van der Waals surface area contributed by atoms with Gasteiger partial charge in [-0.3, -0.25) is 19.6 Å². The van der Waals surface area contributed by atoms with Gasteiger partial charge in [0, 0.05) is 42.9 Å². The lowest BCUT2D eigenvalue weighted by Gasteiger charge is -2.42. The summed E-state index contributed by atoms with van der Waals surface area (Å²) >= 11 is 0. The van der Waals surface area contributed by atoms with Crippen molar-refractivity contribution in [2.45, 2.75) is 75.4 Å². The number of hydrogen-bond donors (Lipinski definition) is 3. The molecule has 0 bridgehead atoms. The Morgan fingerprint density at radius 3 is 2.46 bits per heavy atom. The summed E-state index contributed by atoms with van der Waals surface area (Å²) in [6.45, 7) is 2.96. The average Bonchev–Trinajstić information content (AvgIpc) is 3.53. The number of carbonyl (C=O) groups is 2. The number of hydrogen-bond acceptors (Lipinski definition) is 10. The van der Waals surface area contributed by atoms with E-state index in [9.17, 15) is 14.7 Å². The lowest BCUT2D eigenvalue weighted by Crippen LogP contribution is -2.54. The summed E-state index contributed by atoms with van der Waals surface area (Å²) in [5.41, 5.74) is 9.85. The van der Waals surface area contributed by atoms with Crippen LogP contribution in [-0.2, 0) is 9.59 Å². The lowest BCUT2D eigenvalue weighted by atomic mass is 9.80. The molecular formula is C37H41FN8O4. The topological polar surface area (TPSA) is 152 Å². The number of piperidine rings is 2. The summed E-state index contributed by atoms with van der Waals surface area (Å²) in [5, 5.41) is 25.2. The van der Waals surface area contributed by atoms with E-state index in [0.29, 0.717) is 54.8 Å². The maximum atomic E-state index is 15.3. The number of nitrogens with one attached hydrogen (secondary N) is 1. The second kappa shape index (κ2) is 13.3.